The summed E-state index contributed by atoms with van der Waals surface area (Å²) in [5.74, 6) is 1.35. The fourth-order valence-corrected chi connectivity index (χ4v) is 1.70. The van der Waals surface area contributed by atoms with Crippen molar-refractivity contribution in [2.45, 2.75) is 6.92 Å². The van der Waals surface area contributed by atoms with Gasteiger partial charge in [0.15, 0.2) is 10.9 Å². The SMILES string of the molecule is CCOc1ccccc1NC(=S)Nc1cnccn1. The van der Waals surface area contributed by atoms with Crippen molar-refractivity contribution in [3.05, 3.63) is 42.9 Å². The van der Waals surface area contributed by atoms with E-state index in [1.165, 1.54) is 0 Å². The van der Waals surface area contributed by atoms with Crippen molar-refractivity contribution in [1.29, 1.82) is 0 Å². The molecule has 2 N–H and O–H groups in total. The molecule has 6 heteroatoms. The molecule has 0 amide bonds. The van der Waals surface area contributed by atoms with E-state index in [-0.39, 0.29) is 0 Å². The van der Waals surface area contributed by atoms with E-state index in [1.807, 2.05) is 31.2 Å². The number of thiocarbonyl (C=S) groups is 1. The smallest absolute Gasteiger partial charge is 0.176 e. The molecule has 0 saturated carbocycles. The Morgan fingerprint density at radius 3 is 2.84 bits per heavy atom. The zero-order chi connectivity index (χ0) is 13.5. The molecule has 0 aliphatic carbocycles. The summed E-state index contributed by atoms with van der Waals surface area (Å²) in [5.41, 5.74) is 0.811. The van der Waals surface area contributed by atoms with E-state index in [1.54, 1.807) is 18.6 Å². The van der Waals surface area contributed by atoms with Gasteiger partial charge in [-0.15, -0.1) is 0 Å². The maximum Gasteiger partial charge on any atom is 0.176 e. The predicted molar refractivity (Wildman–Crippen MR) is 79.5 cm³/mol. The summed E-state index contributed by atoms with van der Waals surface area (Å²) in [4.78, 5) is 8.04. The third-order valence-electron chi connectivity index (χ3n) is 2.24. The molecule has 1 heterocycles. The minimum atomic E-state index is 0.438. The molecule has 1 aromatic carbocycles. The second-order valence-corrected chi connectivity index (χ2v) is 4.01. The van der Waals surface area contributed by atoms with Gasteiger partial charge in [-0.05, 0) is 31.3 Å². The van der Waals surface area contributed by atoms with Crippen LogP contribution in [0.3, 0.4) is 0 Å². The van der Waals surface area contributed by atoms with Crippen LogP contribution in [0.4, 0.5) is 11.5 Å². The van der Waals surface area contributed by atoms with E-state index in [4.69, 9.17) is 17.0 Å². The van der Waals surface area contributed by atoms with Gasteiger partial charge in [-0.25, -0.2) is 4.98 Å². The van der Waals surface area contributed by atoms with Crippen molar-refractivity contribution >= 4 is 28.8 Å². The first-order valence-corrected chi connectivity index (χ1v) is 6.26. The lowest BCUT2D eigenvalue weighted by Crippen LogP contribution is -2.20. The number of hydrogen-bond donors (Lipinski definition) is 2. The maximum absolute atomic E-state index is 5.51. The second kappa shape index (κ2) is 6.65. The van der Waals surface area contributed by atoms with Crippen LogP contribution in [0.2, 0.25) is 0 Å². The average Bonchev–Trinajstić information content (AvgIpc) is 2.42. The van der Waals surface area contributed by atoms with Gasteiger partial charge in [-0.2, -0.15) is 0 Å². The van der Waals surface area contributed by atoms with E-state index in [0.29, 0.717) is 17.5 Å². The molecule has 5 nitrogen and oxygen atoms in total. The van der Waals surface area contributed by atoms with Crippen LogP contribution in [-0.2, 0) is 0 Å². The monoisotopic (exact) mass is 274 g/mol. The number of nitrogens with zero attached hydrogens (tertiary/aromatic N) is 2. The first kappa shape index (κ1) is 13.2. The summed E-state index contributed by atoms with van der Waals surface area (Å²) >= 11 is 5.22. The molecule has 0 unspecified atom stereocenters. The number of para-hydroxylation sites is 2. The number of hydrogen-bond acceptors (Lipinski definition) is 4. The zero-order valence-electron chi connectivity index (χ0n) is 10.5. The number of rotatable bonds is 4. The van der Waals surface area contributed by atoms with Crippen LogP contribution in [0, 0.1) is 0 Å². The van der Waals surface area contributed by atoms with Gasteiger partial charge in [-0.3, -0.25) is 4.98 Å². The minimum Gasteiger partial charge on any atom is -0.492 e. The molecule has 98 valence electrons. The molecular formula is C13H14N4OS. The average molecular weight is 274 g/mol. The van der Waals surface area contributed by atoms with E-state index >= 15 is 0 Å². The second-order valence-electron chi connectivity index (χ2n) is 3.60. The lowest BCUT2D eigenvalue weighted by atomic mass is 10.3. The van der Waals surface area contributed by atoms with Crippen LogP contribution in [0.15, 0.2) is 42.9 Å². The number of aromatic nitrogens is 2. The Kier molecular flexibility index (Phi) is 4.63. The predicted octanol–water partition coefficient (Wildman–Crippen LogP) is 2.68. The Bertz CT molecular complexity index is 547. The molecule has 0 spiro atoms. The van der Waals surface area contributed by atoms with Gasteiger partial charge in [0, 0.05) is 12.4 Å². The van der Waals surface area contributed by atoms with Crippen LogP contribution >= 0.6 is 12.2 Å². The van der Waals surface area contributed by atoms with Crippen molar-refractivity contribution in [2.75, 3.05) is 17.2 Å². The van der Waals surface area contributed by atoms with Crippen LogP contribution in [-0.4, -0.2) is 21.7 Å². The highest BCUT2D eigenvalue weighted by Gasteiger charge is 2.04. The highest BCUT2D eigenvalue weighted by Crippen LogP contribution is 2.23. The largest absolute Gasteiger partial charge is 0.492 e. The van der Waals surface area contributed by atoms with Crippen LogP contribution < -0.4 is 15.4 Å². The topological polar surface area (TPSA) is 59.1 Å². The number of anilines is 2. The van der Waals surface area contributed by atoms with Crippen LogP contribution in [0.1, 0.15) is 6.92 Å². The van der Waals surface area contributed by atoms with Gasteiger partial charge < -0.3 is 15.4 Å². The first-order valence-electron chi connectivity index (χ1n) is 5.85. The fourth-order valence-electron chi connectivity index (χ4n) is 1.48. The Balaban J connectivity index is 2.03. The molecule has 0 aliphatic rings. The molecule has 2 aromatic rings. The Morgan fingerprint density at radius 1 is 1.26 bits per heavy atom. The summed E-state index contributed by atoms with van der Waals surface area (Å²) in [6.07, 6.45) is 4.80. The molecule has 0 atom stereocenters. The normalized spacial score (nSPS) is 9.74. The van der Waals surface area contributed by atoms with Crippen molar-refractivity contribution < 1.29 is 4.74 Å². The molecule has 2 rings (SSSR count). The zero-order valence-corrected chi connectivity index (χ0v) is 11.3. The molecule has 0 fully saturated rings. The van der Waals surface area contributed by atoms with Crippen molar-refractivity contribution in [2.24, 2.45) is 0 Å². The quantitative estimate of drug-likeness (QED) is 0.836. The summed E-state index contributed by atoms with van der Waals surface area (Å²) in [6.45, 7) is 2.54. The number of ether oxygens (including phenoxy) is 1. The molecule has 19 heavy (non-hydrogen) atoms. The third-order valence-corrected chi connectivity index (χ3v) is 2.44. The molecule has 0 aliphatic heterocycles. The Labute approximate surface area is 117 Å². The highest BCUT2D eigenvalue weighted by atomic mass is 32.1. The van der Waals surface area contributed by atoms with Gasteiger partial charge in [0.05, 0.1) is 18.5 Å². The Morgan fingerprint density at radius 2 is 2.11 bits per heavy atom. The van der Waals surface area contributed by atoms with Crippen LogP contribution in [0.25, 0.3) is 0 Å². The van der Waals surface area contributed by atoms with Gasteiger partial charge in [0.25, 0.3) is 0 Å². The molecular weight excluding hydrogens is 260 g/mol. The molecule has 0 saturated heterocycles. The Hall–Kier alpha value is -2.21. The standard InChI is InChI=1S/C13H14N4OS/c1-2-18-11-6-4-3-5-10(11)16-13(19)17-12-9-14-7-8-15-12/h3-9H,2H2,1H3,(H2,15,16,17,19). The maximum atomic E-state index is 5.51. The van der Waals surface area contributed by atoms with Crippen molar-refractivity contribution in [3.63, 3.8) is 0 Å². The summed E-state index contributed by atoms with van der Waals surface area (Å²) in [7, 11) is 0. The first-order chi connectivity index (χ1) is 9.29. The van der Waals surface area contributed by atoms with Crippen LogP contribution in [0.5, 0.6) is 5.75 Å². The fraction of sp³-hybridized carbons (Fsp3) is 0.154. The van der Waals surface area contributed by atoms with Gasteiger partial charge in [-0.1, -0.05) is 12.1 Å². The summed E-state index contributed by atoms with van der Waals surface area (Å²) in [5, 5.41) is 6.46. The van der Waals surface area contributed by atoms with E-state index < -0.39 is 0 Å². The van der Waals surface area contributed by atoms with E-state index in [9.17, 15) is 0 Å². The summed E-state index contributed by atoms with van der Waals surface area (Å²) in [6, 6.07) is 7.61. The lowest BCUT2D eigenvalue weighted by molar-refractivity contribution is 0.342. The van der Waals surface area contributed by atoms with Crippen molar-refractivity contribution in [1.82, 2.24) is 9.97 Å². The number of nitrogens with one attached hydrogen (secondary N) is 2. The van der Waals surface area contributed by atoms with E-state index in [0.717, 1.165) is 11.4 Å². The van der Waals surface area contributed by atoms with E-state index in [2.05, 4.69) is 20.6 Å². The highest BCUT2D eigenvalue weighted by molar-refractivity contribution is 7.80. The molecule has 0 bridgehead atoms. The van der Waals surface area contributed by atoms with Gasteiger partial charge in [0.1, 0.15) is 5.75 Å². The minimum absolute atomic E-state index is 0.438. The number of benzene rings is 1. The third kappa shape index (κ3) is 3.89. The summed E-state index contributed by atoms with van der Waals surface area (Å²) < 4.78 is 5.51. The van der Waals surface area contributed by atoms with Crippen molar-refractivity contribution in [3.8, 4) is 5.75 Å². The van der Waals surface area contributed by atoms with Gasteiger partial charge in [0.2, 0.25) is 0 Å². The molecule has 0 radical (unpaired) electrons. The van der Waals surface area contributed by atoms with Gasteiger partial charge >= 0.3 is 0 Å². The molecule has 1 aromatic heterocycles. The lowest BCUT2D eigenvalue weighted by Gasteiger charge is -2.13.